The summed E-state index contributed by atoms with van der Waals surface area (Å²) < 4.78 is 0. The number of aromatic nitrogens is 1. The number of nitrogens with two attached hydrogens (primary N) is 1. The molecule has 0 saturated carbocycles. The summed E-state index contributed by atoms with van der Waals surface area (Å²) >= 11 is 0. The fraction of sp³-hybridized carbons (Fsp3) is 0.375. The van der Waals surface area contributed by atoms with Gasteiger partial charge in [0.25, 0.3) is 0 Å². The minimum atomic E-state index is -0.630. The van der Waals surface area contributed by atoms with Crippen LogP contribution in [0.2, 0.25) is 0 Å². The molecule has 0 saturated heterocycles. The van der Waals surface area contributed by atoms with Crippen LogP contribution in [0.5, 0.6) is 0 Å². The van der Waals surface area contributed by atoms with Crippen LogP contribution in [-0.4, -0.2) is 16.3 Å². The topological polar surface area (TPSA) is 56.0 Å². The van der Waals surface area contributed by atoms with E-state index in [-0.39, 0.29) is 5.78 Å². The molecule has 0 unspecified atom stereocenters. The minimum absolute atomic E-state index is 0.0487. The van der Waals surface area contributed by atoms with Crippen LogP contribution in [0.1, 0.15) is 38.1 Å². The van der Waals surface area contributed by atoms with Crippen molar-refractivity contribution in [2.45, 2.75) is 33.2 Å². The zero-order chi connectivity index (χ0) is 14.3. The monoisotopic (exact) mass is 256 g/mol. The Morgan fingerprint density at radius 2 is 1.84 bits per heavy atom. The van der Waals surface area contributed by atoms with Gasteiger partial charge in [0.2, 0.25) is 0 Å². The van der Waals surface area contributed by atoms with Gasteiger partial charge in [0.15, 0.2) is 5.78 Å². The summed E-state index contributed by atoms with van der Waals surface area (Å²) in [5.41, 5.74) is 6.41. The van der Waals surface area contributed by atoms with Crippen molar-refractivity contribution in [1.82, 2.24) is 4.98 Å². The maximum atomic E-state index is 12.6. The molecular formula is C16H20N2O. The van der Waals surface area contributed by atoms with Gasteiger partial charge in [-0.2, -0.15) is 0 Å². The Labute approximate surface area is 113 Å². The fourth-order valence-electron chi connectivity index (χ4n) is 1.86. The highest BCUT2D eigenvalue weighted by atomic mass is 16.1. The van der Waals surface area contributed by atoms with Gasteiger partial charge >= 0.3 is 0 Å². The summed E-state index contributed by atoms with van der Waals surface area (Å²) in [5, 5.41) is 1.03. The summed E-state index contributed by atoms with van der Waals surface area (Å²) in [6.45, 7) is 7.53. The van der Waals surface area contributed by atoms with Gasteiger partial charge in [-0.1, -0.05) is 32.0 Å². The number of carbonyl (C=O) groups excluding carboxylic acids is 1. The van der Waals surface area contributed by atoms with Gasteiger partial charge in [-0.15, -0.1) is 0 Å². The number of ketones is 1. The smallest absolute Gasteiger partial charge is 0.170 e. The second-order valence-electron chi connectivity index (χ2n) is 6.09. The molecular weight excluding hydrogens is 236 g/mol. The van der Waals surface area contributed by atoms with E-state index < -0.39 is 11.0 Å². The van der Waals surface area contributed by atoms with E-state index in [0.717, 1.165) is 10.9 Å². The van der Waals surface area contributed by atoms with Gasteiger partial charge in [-0.3, -0.25) is 9.78 Å². The van der Waals surface area contributed by atoms with Crippen molar-refractivity contribution >= 4 is 16.7 Å². The van der Waals surface area contributed by atoms with Crippen molar-refractivity contribution in [2.24, 2.45) is 11.1 Å². The van der Waals surface area contributed by atoms with Gasteiger partial charge in [0, 0.05) is 28.1 Å². The molecule has 1 aromatic heterocycles. The molecule has 0 fully saturated rings. The van der Waals surface area contributed by atoms with E-state index in [9.17, 15) is 4.79 Å². The van der Waals surface area contributed by atoms with Crippen LogP contribution < -0.4 is 5.73 Å². The molecule has 0 amide bonds. The van der Waals surface area contributed by atoms with Crippen molar-refractivity contribution in [1.29, 1.82) is 0 Å². The maximum absolute atomic E-state index is 12.6. The van der Waals surface area contributed by atoms with Crippen molar-refractivity contribution in [3.05, 3.63) is 42.1 Å². The van der Waals surface area contributed by atoms with Crippen molar-refractivity contribution in [3.63, 3.8) is 0 Å². The largest absolute Gasteiger partial charge is 0.325 e. The number of hydrogen-bond donors (Lipinski definition) is 1. The molecule has 2 N–H and O–H groups in total. The first-order valence-corrected chi connectivity index (χ1v) is 6.42. The normalized spacial score (nSPS) is 12.7. The Bertz CT molecular complexity index is 624. The number of nitrogens with zero attached hydrogens (tertiary/aromatic N) is 1. The highest BCUT2D eigenvalue weighted by molar-refractivity contribution is 6.03. The summed E-state index contributed by atoms with van der Waals surface area (Å²) in [7, 11) is 0. The molecule has 1 aromatic carbocycles. The van der Waals surface area contributed by atoms with E-state index >= 15 is 0 Å². The number of hydrogen-bond acceptors (Lipinski definition) is 3. The third-order valence-corrected chi connectivity index (χ3v) is 4.05. The molecule has 0 radical (unpaired) electrons. The van der Waals surface area contributed by atoms with Crippen molar-refractivity contribution in [2.75, 3.05) is 0 Å². The Kier molecular flexibility index (Phi) is 3.19. The highest BCUT2D eigenvalue weighted by Gasteiger charge is 2.40. The molecule has 0 aliphatic carbocycles. The van der Waals surface area contributed by atoms with E-state index in [1.807, 2.05) is 58.0 Å². The third kappa shape index (κ3) is 2.38. The van der Waals surface area contributed by atoms with Crippen LogP contribution >= 0.6 is 0 Å². The summed E-state index contributed by atoms with van der Waals surface area (Å²) in [5.74, 6) is 0.0487. The lowest BCUT2D eigenvalue weighted by molar-refractivity contribution is 0.0735. The molecule has 100 valence electrons. The zero-order valence-corrected chi connectivity index (χ0v) is 11.9. The van der Waals surface area contributed by atoms with Crippen LogP contribution in [0.4, 0.5) is 0 Å². The third-order valence-electron chi connectivity index (χ3n) is 4.05. The first kappa shape index (κ1) is 13.7. The molecule has 0 bridgehead atoms. The summed E-state index contributed by atoms with van der Waals surface area (Å²) in [6.07, 6.45) is 1.73. The van der Waals surface area contributed by atoms with Crippen LogP contribution in [0.15, 0.2) is 36.5 Å². The van der Waals surface area contributed by atoms with Gasteiger partial charge in [0.05, 0.1) is 5.52 Å². The van der Waals surface area contributed by atoms with Gasteiger partial charge in [0.1, 0.15) is 0 Å². The average Bonchev–Trinajstić information content (AvgIpc) is 2.36. The standard InChI is InChI=1S/C16H20N2O/c1-15(2,16(3,4)17)14(19)12-8-7-11-6-5-9-18-13(11)10-12/h5-10H,17H2,1-4H3. The second-order valence-corrected chi connectivity index (χ2v) is 6.09. The second kappa shape index (κ2) is 4.42. The molecule has 0 spiro atoms. The molecule has 3 nitrogen and oxygen atoms in total. The number of pyridine rings is 1. The molecule has 0 atom stereocenters. The lowest BCUT2D eigenvalue weighted by Crippen LogP contribution is -2.51. The molecule has 2 aromatic rings. The first-order valence-electron chi connectivity index (χ1n) is 6.42. The Hall–Kier alpha value is -1.74. The van der Waals surface area contributed by atoms with E-state index in [4.69, 9.17) is 5.73 Å². The molecule has 2 rings (SSSR count). The number of Topliss-reactive ketones (excluding diaryl/α,β-unsaturated/α-hetero) is 1. The number of benzene rings is 1. The maximum Gasteiger partial charge on any atom is 0.170 e. The van der Waals surface area contributed by atoms with Crippen LogP contribution in [-0.2, 0) is 0 Å². The molecule has 19 heavy (non-hydrogen) atoms. The van der Waals surface area contributed by atoms with Crippen LogP contribution in [0.3, 0.4) is 0 Å². The van der Waals surface area contributed by atoms with Gasteiger partial charge < -0.3 is 5.73 Å². The fourth-order valence-corrected chi connectivity index (χ4v) is 1.86. The lowest BCUT2D eigenvalue weighted by Gasteiger charge is -2.37. The predicted molar refractivity (Wildman–Crippen MR) is 78.1 cm³/mol. The Morgan fingerprint density at radius 3 is 2.47 bits per heavy atom. The van der Waals surface area contributed by atoms with Gasteiger partial charge in [-0.25, -0.2) is 0 Å². The zero-order valence-electron chi connectivity index (χ0n) is 11.9. The van der Waals surface area contributed by atoms with E-state index in [1.165, 1.54) is 0 Å². The van der Waals surface area contributed by atoms with Crippen LogP contribution in [0.25, 0.3) is 10.9 Å². The predicted octanol–water partition coefficient (Wildman–Crippen LogP) is 3.18. The van der Waals surface area contributed by atoms with Crippen LogP contribution in [0, 0.1) is 5.41 Å². The SMILES string of the molecule is CC(C)(N)C(C)(C)C(=O)c1ccc2cccnc2c1. The molecule has 1 heterocycles. The molecule has 0 aliphatic heterocycles. The van der Waals surface area contributed by atoms with E-state index in [1.54, 1.807) is 6.20 Å². The summed E-state index contributed by atoms with van der Waals surface area (Å²) in [4.78, 5) is 16.9. The van der Waals surface area contributed by atoms with Crippen molar-refractivity contribution < 1.29 is 4.79 Å². The Balaban J connectivity index is 2.48. The first-order chi connectivity index (χ1) is 8.73. The average molecular weight is 256 g/mol. The minimum Gasteiger partial charge on any atom is -0.325 e. The summed E-state index contributed by atoms with van der Waals surface area (Å²) in [6, 6.07) is 9.48. The number of rotatable bonds is 3. The number of fused-ring (bicyclic) bond motifs is 1. The van der Waals surface area contributed by atoms with E-state index in [0.29, 0.717) is 5.56 Å². The van der Waals surface area contributed by atoms with Gasteiger partial charge in [-0.05, 0) is 26.0 Å². The van der Waals surface area contributed by atoms with E-state index in [2.05, 4.69) is 4.98 Å². The molecule has 3 heteroatoms. The van der Waals surface area contributed by atoms with Crippen molar-refractivity contribution in [3.8, 4) is 0 Å². The quantitative estimate of drug-likeness (QED) is 0.858. The Morgan fingerprint density at radius 1 is 1.16 bits per heavy atom. The highest BCUT2D eigenvalue weighted by Crippen LogP contribution is 2.32. The number of carbonyl (C=O) groups is 1. The molecule has 0 aliphatic rings. The lowest BCUT2D eigenvalue weighted by atomic mass is 9.70.